The number of carbonyl (C=O) groups excluding carboxylic acids is 1. The van der Waals surface area contributed by atoms with Crippen LogP contribution in [0.15, 0.2) is 0 Å². The predicted octanol–water partition coefficient (Wildman–Crippen LogP) is 0.960. The summed E-state index contributed by atoms with van der Waals surface area (Å²) >= 11 is 0. The second-order valence-electron chi connectivity index (χ2n) is 5.41. The van der Waals surface area contributed by atoms with Gasteiger partial charge in [-0.3, -0.25) is 4.79 Å². The van der Waals surface area contributed by atoms with Crippen molar-refractivity contribution in [1.29, 1.82) is 0 Å². The van der Waals surface area contributed by atoms with Crippen molar-refractivity contribution in [1.82, 2.24) is 10.2 Å². The molecule has 4 nitrogen and oxygen atoms in total. The number of nitrogens with two attached hydrogens (primary N) is 1. The van der Waals surface area contributed by atoms with Crippen LogP contribution in [0.1, 0.15) is 40.5 Å². The van der Waals surface area contributed by atoms with Crippen LogP contribution < -0.4 is 11.1 Å². The molecule has 0 aliphatic carbocycles. The van der Waals surface area contributed by atoms with Gasteiger partial charge in [-0.1, -0.05) is 0 Å². The van der Waals surface area contributed by atoms with Crippen LogP contribution in [0, 0.1) is 0 Å². The molecular formula is C12H27N3O. The summed E-state index contributed by atoms with van der Waals surface area (Å²) in [6.07, 6.45) is 1.23. The van der Waals surface area contributed by atoms with E-state index in [1.165, 1.54) is 0 Å². The van der Waals surface area contributed by atoms with Crippen molar-refractivity contribution < 1.29 is 4.79 Å². The molecule has 0 saturated carbocycles. The highest BCUT2D eigenvalue weighted by Crippen LogP contribution is 2.06. The monoisotopic (exact) mass is 229 g/mol. The number of carbonyl (C=O) groups is 1. The number of nitrogens with zero attached hydrogens (tertiary/aromatic N) is 1. The van der Waals surface area contributed by atoms with Crippen LogP contribution in [0.25, 0.3) is 0 Å². The van der Waals surface area contributed by atoms with E-state index in [4.69, 9.17) is 5.73 Å². The van der Waals surface area contributed by atoms with Gasteiger partial charge in [0, 0.05) is 31.1 Å². The van der Waals surface area contributed by atoms with Gasteiger partial charge in [-0.15, -0.1) is 0 Å². The van der Waals surface area contributed by atoms with Crippen molar-refractivity contribution in [2.75, 3.05) is 20.1 Å². The highest BCUT2D eigenvalue weighted by atomic mass is 16.1. The van der Waals surface area contributed by atoms with E-state index in [0.29, 0.717) is 19.0 Å². The molecule has 3 N–H and O–H groups in total. The Bertz CT molecular complexity index is 209. The molecule has 0 aromatic heterocycles. The molecule has 0 aromatic rings. The summed E-state index contributed by atoms with van der Waals surface area (Å²) in [4.78, 5) is 13.7. The molecule has 0 aromatic carbocycles. The van der Waals surface area contributed by atoms with Gasteiger partial charge in [0.05, 0.1) is 0 Å². The fourth-order valence-electron chi connectivity index (χ4n) is 1.15. The SMILES string of the molecule is CC(C)N(C)CCNC(=O)CCC(C)(C)N. The lowest BCUT2D eigenvalue weighted by atomic mass is 10.00. The highest BCUT2D eigenvalue weighted by molar-refractivity contribution is 5.75. The lowest BCUT2D eigenvalue weighted by Crippen LogP contribution is -2.38. The zero-order valence-electron chi connectivity index (χ0n) is 11.3. The predicted molar refractivity (Wildman–Crippen MR) is 68.3 cm³/mol. The first-order valence-electron chi connectivity index (χ1n) is 5.98. The Morgan fingerprint density at radius 2 is 2.00 bits per heavy atom. The smallest absolute Gasteiger partial charge is 0.220 e. The summed E-state index contributed by atoms with van der Waals surface area (Å²) in [5.41, 5.74) is 5.55. The number of hydrogen-bond acceptors (Lipinski definition) is 3. The van der Waals surface area contributed by atoms with Gasteiger partial charge in [0.2, 0.25) is 5.91 Å². The summed E-state index contributed by atoms with van der Waals surface area (Å²) in [5.74, 6) is 0.0932. The molecule has 0 aliphatic heterocycles. The lowest BCUT2D eigenvalue weighted by Gasteiger charge is -2.21. The van der Waals surface area contributed by atoms with Gasteiger partial charge in [-0.2, -0.15) is 0 Å². The van der Waals surface area contributed by atoms with E-state index < -0.39 is 0 Å². The zero-order valence-corrected chi connectivity index (χ0v) is 11.3. The average molecular weight is 229 g/mol. The van der Waals surface area contributed by atoms with E-state index >= 15 is 0 Å². The van der Waals surface area contributed by atoms with Crippen molar-refractivity contribution in [2.45, 2.75) is 52.1 Å². The minimum Gasteiger partial charge on any atom is -0.355 e. The molecule has 4 heteroatoms. The highest BCUT2D eigenvalue weighted by Gasteiger charge is 2.13. The van der Waals surface area contributed by atoms with Crippen molar-refractivity contribution in [3.05, 3.63) is 0 Å². The number of amides is 1. The molecule has 96 valence electrons. The molecule has 1 amide bonds. The number of nitrogens with one attached hydrogen (secondary N) is 1. The fourth-order valence-corrected chi connectivity index (χ4v) is 1.15. The Balaban J connectivity index is 3.59. The maximum Gasteiger partial charge on any atom is 0.220 e. The molecule has 0 radical (unpaired) electrons. The van der Waals surface area contributed by atoms with Gasteiger partial charge in [-0.05, 0) is 41.2 Å². The Labute approximate surface area is 99.6 Å². The third kappa shape index (κ3) is 8.68. The van der Waals surface area contributed by atoms with E-state index in [1.807, 2.05) is 13.8 Å². The second-order valence-corrected chi connectivity index (χ2v) is 5.41. The third-order valence-corrected chi connectivity index (χ3v) is 2.66. The van der Waals surface area contributed by atoms with Gasteiger partial charge in [0.25, 0.3) is 0 Å². The van der Waals surface area contributed by atoms with Crippen molar-refractivity contribution in [3.63, 3.8) is 0 Å². The number of likely N-dealkylation sites (N-methyl/N-ethyl adjacent to an activating group) is 1. The molecule has 0 fully saturated rings. The normalized spacial score (nSPS) is 12.2. The minimum absolute atomic E-state index is 0.0932. The van der Waals surface area contributed by atoms with Crippen LogP contribution in [0.4, 0.5) is 0 Å². The first kappa shape index (κ1) is 15.4. The maximum atomic E-state index is 11.5. The zero-order chi connectivity index (χ0) is 12.8. The molecule has 0 rings (SSSR count). The summed E-state index contributed by atoms with van der Waals surface area (Å²) < 4.78 is 0. The Hall–Kier alpha value is -0.610. The van der Waals surface area contributed by atoms with Gasteiger partial charge >= 0.3 is 0 Å². The summed E-state index contributed by atoms with van der Waals surface area (Å²) in [7, 11) is 2.06. The van der Waals surface area contributed by atoms with Crippen LogP contribution in [-0.2, 0) is 4.79 Å². The first-order valence-corrected chi connectivity index (χ1v) is 5.98. The molecule has 0 spiro atoms. The standard InChI is InChI=1S/C12H27N3O/c1-10(2)15(5)9-8-14-11(16)6-7-12(3,4)13/h10H,6-9,13H2,1-5H3,(H,14,16). The quantitative estimate of drug-likeness (QED) is 0.683. The molecule has 0 bridgehead atoms. The van der Waals surface area contributed by atoms with Gasteiger partial charge in [0.1, 0.15) is 0 Å². The minimum atomic E-state index is -0.258. The topological polar surface area (TPSA) is 58.4 Å². The molecule has 0 atom stereocenters. The fraction of sp³-hybridized carbons (Fsp3) is 0.917. The first-order chi connectivity index (χ1) is 7.22. The van der Waals surface area contributed by atoms with Crippen molar-refractivity contribution in [2.24, 2.45) is 5.73 Å². The summed E-state index contributed by atoms with van der Waals surface area (Å²) in [6, 6.07) is 0.514. The largest absolute Gasteiger partial charge is 0.355 e. The number of hydrogen-bond donors (Lipinski definition) is 2. The van der Waals surface area contributed by atoms with Crippen LogP contribution in [0.3, 0.4) is 0 Å². The molecule has 0 aliphatic rings. The lowest BCUT2D eigenvalue weighted by molar-refractivity contribution is -0.121. The van der Waals surface area contributed by atoms with Gasteiger partial charge in [0.15, 0.2) is 0 Å². The molecule has 0 saturated heterocycles. The molecule has 0 heterocycles. The second kappa shape index (κ2) is 6.86. The van der Waals surface area contributed by atoms with Crippen molar-refractivity contribution in [3.8, 4) is 0 Å². The van der Waals surface area contributed by atoms with Crippen LogP contribution in [0.2, 0.25) is 0 Å². The maximum absolute atomic E-state index is 11.5. The van der Waals surface area contributed by atoms with Crippen LogP contribution in [0.5, 0.6) is 0 Å². The Morgan fingerprint density at radius 3 is 2.44 bits per heavy atom. The number of rotatable bonds is 7. The van der Waals surface area contributed by atoms with E-state index in [0.717, 1.165) is 13.0 Å². The average Bonchev–Trinajstić information content (AvgIpc) is 2.13. The van der Waals surface area contributed by atoms with E-state index in [9.17, 15) is 4.79 Å². The van der Waals surface area contributed by atoms with E-state index in [-0.39, 0.29) is 11.4 Å². The Morgan fingerprint density at radius 1 is 1.44 bits per heavy atom. The van der Waals surface area contributed by atoms with Gasteiger partial charge < -0.3 is 16.0 Å². The molecule has 16 heavy (non-hydrogen) atoms. The molecule has 0 unspecified atom stereocenters. The van der Waals surface area contributed by atoms with Crippen LogP contribution in [-0.4, -0.2) is 42.5 Å². The Kier molecular flexibility index (Phi) is 6.60. The van der Waals surface area contributed by atoms with Crippen molar-refractivity contribution >= 4 is 5.91 Å². The molecular weight excluding hydrogens is 202 g/mol. The van der Waals surface area contributed by atoms with Crippen LogP contribution >= 0.6 is 0 Å². The summed E-state index contributed by atoms with van der Waals surface area (Å²) in [6.45, 7) is 9.74. The van der Waals surface area contributed by atoms with E-state index in [2.05, 4.69) is 31.1 Å². The van der Waals surface area contributed by atoms with Gasteiger partial charge in [-0.25, -0.2) is 0 Å². The van der Waals surface area contributed by atoms with E-state index in [1.54, 1.807) is 0 Å². The summed E-state index contributed by atoms with van der Waals surface area (Å²) in [5, 5.41) is 2.90. The third-order valence-electron chi connectivity index (χ3n) is 2.66.